The van der Waals surface area contributed by atoms with Gasteiger partial charge in [-0.2, -0.15) is 5.26 Å². The molecule has 16 heavy (non-hydrogen) atoms. The van der Waals surface area contributed by atoms with Crippen molar-refractivity contribution in [3.05, 3.63) is 0 Å². The molecule has 90 valence electrons. The summed E-state index contributed by atoms with van der Waals surface area (Å²) in [7, 11) is 0. The molecule has 2 fully saturated rings. The van der Waals surface area contributed by atoms with Gasteiger partial charge in [0.25, 0.3) is 0 Å². The highest BCUT2D eigenvalue weighted by Crippen LogP contribution is 2.44. The van der Waals surface area contributed by atoms with Crippen LogP contribution < -0.4 is 0 Å². The second-order valence-corrected chi connectivity index (χ2v) is 6.01. The van der Waals surface area contributed by atoms with Crippen LogP contribution in [0.3, 0.4) is 0 Å². The third-order valence-electron chi connectivity index (χ3n) is 3.96. The maximum absolute atomic E-state index is 8.79. The number of ether oxygens (including phenoxy) is 1. The first kappa shape index (κ1) is 11.9. The van der Waals surface area contributed by atoms with Gasteiger partial charge < -0.3 is 4.74 Å². The van der Waals surface area contributed by atoms with Gasteiger partial charge in [-0.3, -0.25) is 4.90 Å². The predicted molar refractivity (Wildman–Crippen MR) is 63.0 cm³/mol. The number of nitriles is 1. The Morgan fingerprint density at radius 1 is 1.38 bits per heavy atom. The number of likely N-dealkylation sites (tertiary alicyclic amines) is 1. The molecule has 0 saturated carbocycles. The zero-order valence-electron chi connectivity index (χ0n) is 10.5. The molecule has 2 heterocycles. The Labute approximate surface area is 98.4 Å². The fourth-order valence-electron chi connectivity index (χ4n) is 3.48. The monoisotopic (exact) mass is 222 g/mol. The number of nitrogens with zero attached hydrogens (tertiary/aromatic N) is 2. The highest BCUT2D eigenvalue weighted by Gasteiger charge is 2.43. The molecule has 2 aliphatic rings. The van der Waals surface area contributed by atoms with Gasteiger partial charge >= 0.3 is 0 Å². The van der Waals surface area contributed by atoms with E-state index in [9.17, 15) is 0 Å². The zero-order chi connectivity index (χ0) is 11.6. The first-order chi connectivity index (χ1) is 7.55. The first-order valence-electron chi connectivity index (χ1n) is 6.29. The highest BCUT2D eigenvalue weighted by molar-refractivity contribution is 4.96. The Balaban J connectivity index is 2.04. The summed E-state index contributed by atoms with van der Waals surface area (Å²) < 4.78 is 5.80. The van der Waals surface area contributed by atoms with Crippen LogP contribution >= 0.6 is 0 Å². The van der Waals surface area contributed by atoms with Gasteiger partial charge in [-0.15, -0.1) is 0 Å². The van der Waals surface area contributed by atoms with Crippen LogP contribution in [0.2, 0.25) is 0 Å². The van der Waals surface area contributed by atoms with E-state index in [0.29, 0.717) is 12.0 Å². The minimum absolute atomic E-state index is 0.0217. The Bertz CT molecular complexity index is 291. The summed E-state index contributed by atoms with van der Waals surface area (Å²) in [6.07, 6.45) is 4.85. The molecule has 0 aliphatic carbocycles. The molecule has 0 N–H and O–H groups in total. The van der Waals surface area contributed by atoms with Crippen molar-refractivity contribution in [3.8, 4) is 6.07 Å². The average molecular weight is 222 g/mol. The number of piperidine rings is 1. The van der Waals surface area contributed by atoms with Crippen molar-refractivity contribution in [2.24, 2.45) is 5.41 Å². The summed E-state index contributed by atoms with van der Waals surface area (Å²) in [5.41, 5.74) is 0.435. The predicted octanol–water partition coefficient (Wildman–Crippen LogP) is 2.18. The molecule has 3 heteroatoms. The Kier molecular flexibility index (Phi) is 3.23. The van der Waals surface area contributed by atoms with E-state index in [2.05, 4.69) is 24.8 Å². The maximum Gasteiger partial charge on any atom is 0.0866 e. The maximum atomic E-state index is 8.79. The Hall–Kier alpha value is -0.590. The van der Waals surface area contributed by atoms with Gasteiger partial charge in [0.1, 0.15) is 0 Å². The second kappa shape index (κ2) is 4.35. The van der Waals surface area contributed by atoms with Gasteiger partial charge in [0.05, 0.1) is 18.2 Å². The van der Waals surface area contributed by atoms with E-state index in [-0.39, 0.29) is 5.60 Å². The van der Waals surface area contributed by atoms with Crippen molar-refractivity contribution in [3.63, 3.8) is 0 Å². The van der Waals surface area contributed by atoms with E-state index >= 15 is 0 Å². The van der Waals surface area contributed by atoms with Crippen molar-refractivity contribution in [2.45, 2.75) is 45.1 Å². The molecular weight excluding hydrogens is 200 g/mol. The number of rotatable bonds is 1. The molecule has 2 saturated heterocycles. The Morgan fingerprint density at radius 2 is 2.19 bits per heavy atom. The van der Waals surface area contributed by atoms with Crippen LogP contribution in [0.1, 0.15) is 39.5 Å². The standard InChI is InChI=1S/C13H22N2O/c1-12(2)10-13(5-9-16-12)4-3-7-15(11-13)8-6-14/h3-5,7-11H2,1-2H3. The van der Waals surface area contributed by atoms with E-state index in [4.69, 9.17) is 10.00 Å². The molecule has 0 aromatic carbocycles. The SMILES string of the molecule is CC1(C)CC2(CCCN(CC#N)C2)CCO1. The van der Waals surface area contributed by atoms with Gasteiger partial charge in [0.2, 0.25) is 0 Å². The van der Waals surface area contributed by atoms with Crippen molar-refractivity contribution in [1.29, 1.82) is 5.26 Å². The van der Waals surface area contributed by atoms with Gasteiger partial charge in [-0.25, -0.2) is 0 Å². The zero-order valence-corrected chi connectivity index (χ0v) is 10.5. The minimum atomic E-state index is 0.0217. The van der Waals surface area contributed by atoms with E-state index in [1.165, 1.54) is 19.3 Å². The summed E-state index contributed by atoms with van der Waals surface area (Å²) in [6.45, 7) is 8.04. The van der Waals surface area contributed by atoms with Crippen LogP contribution in [-0.2, 0) is 4.74 Å². The molecule has 3 nitrogen and oxygen atoms in total. The molecule has 1 unspecified atom stereocenters. The van der Waals surface area contributed by atoms with Crippen LogP contribution in [0.5, 0.6) is 0 Å². The molecule has 0 amide bonds. The lowest BCUT2D eigenvalue weighted by molar-refractivity contribution is -0.121. The van der Waals surface area contributed by atoms with Gasteiger partial charge in [-0.1, -0.05) is 0 Å². The number of hydrogen-bond acceptors (Lipinski definition) is 3. The molecule has 0 aromatic heterocycles. The smallest absolute Gasteiger partial charge is 0.0866 e. The molecule has 2 aliphatic heterocycles. The molecule has 0 radical (unpaired) electrons. The Morgan fingerprint density at radius 3 is 2.88 bits per heavy atom. The van der Waals surface area contributed by atoms with Crippen molar-refractivity contribution < 1.29 is 4.74 Å². The lowest BCUT2D eigenvalue weighted by Crippen LogP contribution is -2.50. The second-order valence-electron chi connectivity index (χ2n) is 6.01. The van der Waals surface area contributed by atoms with Crippen molar-refractivity contribution in [1.82, 2.24) is 4.90 Å². The topological polar surface area (TPSA) is 36.3 Å². The number of hydrogen-bond donors (Lipinski definition) is 0. The average Bonchev–Trinajstić information content (AvgIpc) is 2.16. The van der Waals surface area contributed by atoms with Crippen LogP contribution in [-0.4, -0.2) is 36.7 Å². The fraction of sp³-hybridized carbons (Fsp3) is 0.923. The lowest BCUT2D eigenvalue weighted by atomic mass is 9.69. The van der Waals surface area contributed by atoms with Crippen LogP contribution in [0.4, 0.5) is 0 Å². The van der Waals surface area contributed by atoms with Crippen LogP contribution in [0.15, 0.2) is 0 Å². The third-order valence-corrected chi connectivity index (χ3v) is 3.96. The molecular formula is C13H22N2O. The van der Waals surface area contributed by atoms with Crippen molar-refractivity contribution in [2.75, 3.05) is 26.2 Å². The summed E-state index contributed by atoms with van der Waals surface area (Å²) in [5, 5.41) is 8.79. The van der Waals surface area contributed by atoms with E-state index in [1.807, 2.05) is 0 Å². The van der Waals surface area contributed by atoms with Crippen molar-refractivity contribution >= 4 is 0 Å². The molecule has 1 atom stereocenters. The minimum Gasteiger partial charge on any atom is -0.376 e. The van der Waals surface area contributed by atoms with Gasteiger partial charge in [0.15, 0.2) is 0 Å². The van der Waals surface area contributed by atoms with Gasteiger partial charge in [-0.05, 0) is 51.5 Å². The largest absolute Gasteiger partial charge is 0.376 e. The van der Waals surface area contributed by atoms with E-state index < -0.39 is 0 Å². The van der Waals surface area contributed by atoms with Crippen LogP contribution in [0, 0.1) is 16.7 Å². The quantitative estimate of drug-likeness (QED) is 0.638. The summed E-state index contributed by atoms with van der Waals surface area (Å²) in [6, 6.07) is 2.27. The summed E-state index contributed by atoms with van der Waals surface area (Å²) >= 11 is 0. The highest BCUT2D eigenvalue weighted by atomic mass is 16.5. The summed E-state index contributed by atoms with van der Waals surface area (Å²) in [5.74, 6) is 0. The first-order valence-corrected chi connectivity index (χ1v) is 6.29. The molecule has 0 aromatic rings. The molecule has 2 rings (SSSR count). The molecule has 1 spiro atoms. The fourth-order valence-corrected chi connectivity index (χ4v) is 3.48. The van der Waals surface area contributed by atoms with Gasteiger partial charge in [0, 0.05) is 13.2 Å². The van der Waals surface area contributed by atoms with E-state index in [0.717, 1.165) is 26.1 Å². The molecule has 0 bridgehead atoms. The summed E-state index contributed by atoms with van der Waals surface area (Å²) in [4.78, 5) is 2.31. The lowest BCUT2D eigenvalue weighted by Gasteiger charge is -2.49. The normalized spacial score (nSPS) is 34.8. The third kappa shape index (κ3) is 2.56. The van der Waals surface area contributed by atoms with Crippen LogP contribution in [0.25, 0.3) is 0 Å². The van der Waals surface area contributed by atoms with E-state index in [1.54, 1.807) is 0 Å².